The molecule has 1 fully saturated rings. The van der Waals surface area contributed by atoms with Crippen LogP contribution in [0, 0.1) is 0 Å². The number of rotatable bonds is 8. The molecule has 2 aromatic rings. The zero-order valence-corrected chi connectivity index (χ0v) is 18.0. The quantitative estimate of drug-likeness (QED) is 0.712. The summed E-state index contributed by atoms with van der Waals surface area (Å²) >= 11 is 1.17. The first-order valence-corrected chi connectivity index (χ1v) is 11.9. The SMILES string of the molecule is CCN(C)Cc1cccc(CNC(=O)c2sccc2S(=O)(=O)N2CCCC2)c1. The summed E-state index contributed by atoms with van der Waals surface area (Å²) in [6, 6.07) is 9.62. The first kappa shape index (κ1) is 21.0. The van der Waals surface area contributed by atoms with Crippen molar-refractivity contribution < 1.29 is 13.2 Å². The second-order valence-corrected chi connectivity index (χ2v) is 9.88. The van der Waals surface area contributed by atoms with Crippen LogP contribution >= 0.6 is 11.3 Å². The highest BCUT2D eigenvalue weighted by molar-refractivity contribution is 7.89. The molecule has 0 spiro atoms. The lowest BCUT2D eigenvalue weighted by Gasteiger charge is -2.16. The van der Waals surface area contributed by atoms with Gasteiger partial charge in [-0.25, -0.2) is 8.42 Å². The van der Waals surface area contributed by atoms with E-state index < -0.39 is 10.0 Å². The van der Waals surface area contributed by atoms with Crippen LogP contribution in [0.4, 0.5) is 0 Å². The van der Waals surface area contributed by atoms with E-state index in [1.807, 2.05) is 12.1 Å². The molecule has 1 N–H and O–H groups in total. The van der Waals surface area contributed by atoms with Crippen molar-refractivity contribution in [2.45, 2.75) is 37.8 Å². The van der Waals surface area contributed by atoms with E-state index in [1.54, 1.807) is 5.38 Å². The molecule has 1 aromatic heterocycles. The maximum absolute atomic E-state index is 12.8. The fraction of sp³-hybridized carbons (Fsp3) is 0.450. The van der Waals surface area contributed by atoms with E-state index in [0.29, 0.717) is 19.6 Å². The number of carbonyl (C=O) groups is 1. The number of amides is 1. The fourth-order valence-corrected chi connectivity index (χ4v) is 6.09. The first-order chi connectivity index (χ1) is 13.4. The van der Waals surface area contributed by atoms with Crippen molar-refractivity contribution in [2.75, 3.05) is 26.7 Å². The summed E-state index contributed by atoms with van der Waals surface area (Å²) in [6.07, 6.45) is 1.74. The van der Waals surface area contributed by atoms with Gasteiger partial charge in [-0.05, 0) is 49.0 Å². The number of benzene rings is 1. The smallest absolute Gasteiger partial charge is 0.263 e. The van der Waals surface area contributed by atoms with Gasteiger partial charge >= 0.3 is 0 Å². The molecule has 3 rings (SSSR count). The summed E-state index contributed by atoms with van der Waals surface area (Å²) in [6.45, 7) is 5.34. The summed E-state index contributed by atoms with van der Waals surface area (Å²) in [5.41, 5.74) is 2.18. The van der Waals surface area contributed by atoms with Gasteiger partial charge < -0.3 is 10.2 Å². The molecule has 6 nitrogen and oxygen atoms in total. The summed E-state index contributed by atoms with van der Waals surface area (Å²) in [5.74, 6) is -0.344. The van der Waals surface area contributed by atoms with Gasteiger partial charge in [0.2, 0.25) is 10.0 Å². The Morgan fingerprint density at radius 1 is 1.21 bits per heavy atom. The average Bonchev–Trinajstić information content (AvgIpc) is 3.38. The van der Waals surface area contributed by atoms with Crippen LogP contribution in [0.15, 0.2) is 40.6 Å². The molecule has 1 aliphatic heterocycles. The second kappa shape index (κ2) is 9.17. The number of hydrogen-bond acceptors (Lipinski definition) is 5. The van der Waals surface area contributed by atoms with E-state index in [4.69, 9.17) is 0 Å². The Bertz CT molecular complexity index is 918. The van der Waals surface area contributed by atoms with Crippen LogP contribution in [0.2, 0.25) is 0 Å². The van der Waals surface area contributed by atoms with E-state index in [9.17, 15) is 13.2 Å². The molecule has 0 radical (unpaired) electrons. The lowest BCUT2D eigenvalue weighted by atomic mass is 10.1. The van der Waals surface area contributed by atoms with Gasteiger partial charge in [-0.3, -0.25) is 4.79 Å². The predicted molar refractivity (Wildman–Crippen MR) is 112 cm³/mol. The normalized spacial score (nSPS) is 15.2. The topological polar surface area (TPSA) is 69.7 Å². The minimum atomic E-state index is -3.60. The lowest BCUT2D eigenvalue weighted by Crippen LogP contribution is -2.30. The number of sulfonamides is 1. The highest BCUT2D eigenvalue weighted by Crippen LogP contribution is 2.27. The molecular formula is C20H27N3O3S2. The predicted octanol–water partition coefficient (Wildman–Crippen LogP) is 2.91. The Labute approximate surface area is 171 Å². The third-order valence-corrected chi connectivity index (χ3v) is 7.94. The van der Waals surface area contributed by atoms with Gasteiger partial charge in [0.25, 0.3) is 5.91 Å². The van der Waals surface area contributed by atoms with Gasteiger partial charge in [-0.1, -0.05) is 31.2 Å². The molecule has 2 heterocycles. The number of hydrogen-bond donors (Lipinski definition) is 1. The van der Waals surface area contributed by atoms with Gasteiger partial charge in [0.1, 0.15) is 9.77 Å². The molecule has 1 saturated heterocycles. The zero-order chi connectivity index (χ0) is 20.1. The van der Waals surface area contributed by atoms with Crippen LogP contribution in [0.1, 0.15) is 40.6 Å². The van der Waals surface area contributed by atoms with Gasteiger partial charge in [-0.15, -0.1) is 11.3 Å². The first-order valence-electron chi connectivity index (χ1n) is 9.54. The monoisotopic (exact) mass is 421 g/mol. The van der Waals surface area contributed by atoms with Crippen molar-refractivity contribution in [1.29, 1.82) is 0 Å². The maximum atomic E-state index is 12.8. The molecular weight excluding hydrogens is 394 g/mol. The summed E-state index contributed by atoms with van der Waals surface area (Å²) in [7, 11) is -1.54. The Morgan fingerprint density at radius 3 is 2.64 bits per heavy atom. The molecule has 0 atom stereocenters. The standard InChI is InChI=1S/C20H27N3O3S2/c1-3-22(2)15-17-8-6-7-16(13-17)14-21-20(24)19-18(9-12-27-19)28(25,26)23-10-4-5-11-23/h6-9,12-13H,3-5,10-11,14-15H2,1-2H3,(H,21,24). The summed E-state index contributed by atoms with van der Waals surface area (Å²) in [5, 5.41) is 4.54. The minimum Gasteiger partial charge on any atom is -0.347 e. The molecule has 1 amide bonds. The van der Waals surface area contributed by atoms with Crippen LogP contribution in [0.25, 0.3) is 0 Å². The number of thiophene rings is 1. The van der Waals surface area contributed by atoms with Crippen molar-refractivity contribution in [1.82, 2.24) is 14.5 Å². The van der Waals surface area contributed by atoms with E-state index in [-0.39, 0.29) is 15.7 Å². The van der Waals surface area contributed by atoms with Crippen LogP contribution in [0.3, 0.4) is 0 Å². The van der Waals surface area contributed by atoms with Crippen molar-refractivity contribution >= 4 is 27.3 Å². The molecule has 0 aliphatic carbocycles. The van der Waals surface area contributed by atoms with Gasteiger partial charge in [0.05, 0.1) is 0 Å². The van der Waals surface area contributed by atoms with Crippen molar-refractivity contribution in [3.05, 3.63) is 51.7 Å². The van der Waals surface area contributed by atoms with Crippen molar-refractivity contribution in [3.63, 3.8) is 0 Å². The molecule has 8 heteroatoms. The third kappa shape index (κ3) is 4.81. The highest BCUT2D eigenvalue weighted by Gasteiger charge is 2.31. The van der Waals surface area contributed by atoms with E-state index in [2.05, 4.69) is 36.3 Å². The van der Waals surface area contributed by atoms with Gasteiger partial charge in [-0.2, -0.15) is 4.31 Å². The van der Waals surface area contributed by atoms with E-state index in [0.717, 1.165) is 31.5 Å². The molecule has 0 bridgehead atoms. The molecule has 1 aliphatic rings. The second-order valence-electron chi connectivity index (χ2n) is 7.06. The van der Waals surface area contributed by atoms with Crippen LogP contribution < -0.4 is 5.32 Å². The van der Waals surface area contributed by atoms with Crippen LogP contribution in [-0.2, 0) is 23.1 Å². The van der Waals surface area contributed by atoms with E-state index >= 15 is 0 Å². The number of nitrogens with one attached hydrogen (secondary N) is 1. The molecule has 152 valence electrons. The largest absolute Gasteiger partial charge is 0.347 e. The molecule has 0 saturated carbocycles. The van der Waals surface area contributed by atoms with E-state index in [1.165, 1.54) is 27.3 Å². The van der Waals surface area contributed by atoms with Crippen LogP contribution in [0.5, 0.6) is 0 Å². The number of carbonyl (C=O) groups excluding carboxylic acids is 1. The molecule has 1 aromatic carbocycles. The highest BCUT2D eigenvalue weighted by atomic mass is 32.2. The minimum absolute atomic E-state index is 0.121. The average molecular weight is 422 g/mol. The molecule has 0 unspecified atom stereocenters. The van der Waals surface area contributed by atoms with Crippen molar-refractivity contribution in [2.24, 2.45) is 0 Å². The Balaban J connectivity index is 1.68. The molecule has 28 heavy (non-hydrogen) atoms. The third-order valence-electron chi connectivity index (χ3n) is 4.95. The van der Waals surface area contributed by atoms with Gasteiger partial charge in [0.15, 0.2) is 0 Å². The Morgan fingerprint density at radius 2 is 1.93 bits per heavy atom. The zero-order valence-electron chi connectivity index (χ0n) is 16.3. The van der Waals surface area contributed by atoms with Crippen LogP contribution in [-0.4, -0.2) is 50.2 Å². The summed E-state index contributed by atoms with van der Waals surface area (Å²) < 4.78 is 27.1. The Kier molecular flexibility index (Phi) is 6.87. The summed E-state index contributed by atoms with van der Waals surface area (Å²) in [4.78, 5) is 15.3. The Hall–Kier alpha value is -1.74. The van der Waals surface area contributed by atoms with Gasteiger partial charge in [0, 0.05) is 26.2 Å². The lowest BCUT2D eigenvalue weighted by molar-refractivity contribution is 0.0952. The maximum Gasteiger partial charge on any atom is 0.263 e. The number of nitrogens with zero attached hydrogens (tertiary/aromatic N) is 2. The van der Waals surface area contributed by atoms with Crippen molar-refractivity contribution in [3.8, 4) is 0 Å². The fourth-order valence-electron chi connectivity index (χ4n) is 3.26.